The van der Waals surface area contributed by atoms with Gasteiger partial charge in [-0.1, -0.05) is 19.1 Å². The summed E-state index contributed by atoms with van der Waals surface area (Å²) in [5, 5.41) is 0. The molecule has 0 aliphatic heterocycles. The average Bonchev–Trinajstić information content (AvgIpc) is 2.14. The summed E-state index contributed by atoms with van der Waals surface area (Å²) < 4.78 is 42.2. The number of benzene rings is 1. The standard InChI is InChI=1S/C10H11F3O/c1-2-7-14-9-6-4-3-5-8(9)10(11,12)13/h3-6H,2,7H2,1H3. The van der Waals surface area contributed by atoms with E-state index in [1.165, 1.54) is 18.2 Å². The summed E-state index contributed by atoms with van der Waals surface area (Å²) in [5.74, 6) is -0.0955. The third-order valence-corrected chi connectivity index (χ3v) is 1.65. The van der Waals surface area contributed by atoms with Crippen LogP contribution >= 0.6 is 0 Å². The van der Waals surface area contributed by atoms with E-state index in [2.05, 4.69) is 0 Å². The van der Waals surface area contributed by atoms with E-state index in [1.807, 2.05) is 6.92 Å². The van der Waals surface area contributed by atoms with E-state index in [4.69, 9.17) is 4.74 Å². The van der Waals surface area contributed by atoms with Crippen LogP contribution in [0.25, 0.3) is 0 Å². The molecular formula is C10H11F3O. The lowest BCUT2D eigenvalue weighted by atomic mass is 10.2. The van der Waals surface area contributed by atoms with E-state index < -0.39 is 11.7 Å². The molecule has 0 spiro atoms. The summed E-state index contributed by atoms with van der Waals surface area (Å²) in [5.41, 5.74) is -0.714. The highest BCUT2D eigenvalue weighted by Crippen LogP contribution is 2.35. The molecule has 4 heteroatoms. The van der Waals surface area contributed by atoms with Crippen LogP contribution in [0.15, 0.2) is 24.3 Å². The smallest absolute Gasteiger partial charge is 0.419 e. The topological polar surface area (TPSA) is 9.23 Å². The molecule has 0 heterocycles. The first-order valence-electron chi connectivity index (χ1n) is 4.34. The maximum absolute atomic E-state index is 12.4. The van der Waals surface area contributed by atoms with Gasteiger partial charge in [-0.25, -0.2) is 0 Å². The Hall–Kier alpha value is -1.19. The van der Waals surface area contributed by atoms with Crippen LogP contribution in [0.1, 0.15) is 18.9 Å². The second-order valence-corrected chi connectivity index (χ2v) is 2.84. The van der Waals surface area contributed by atoms with Gasteiger partial charge in [-0.05, 0) is 18.6 Å². The second-order valence-electron chi connectivity index (χ2n) is 2.84. The monoisotopic (exact) mass is 204 g/mol. The van der Waals surface area contributed by atoms with E-state index >= 15 is 0 Å². The fraction of sp³-hybridized carbons (Fsp3) is 0.400. The molecule has 0 aromatic heterocycles. The lowest BCUT2D eigenvalue weighted by Gasteiger charge is -2.12. The molecule has 0 radical (unpaired) electrons. The second kappa shape index (κ2) is 4.35. The van der Waals surface area contributed by atoms with Crippen LogP contribution < -0.4 is 4.74 Å². The van der Waals surface area contributed by atoms with Gasteiger partial charge in [-0.15, -0.1) is 0 Å². The van der Waals surface area contributed by atoms with Crippen LogP contribution in [0.3, 0.4) is 0 Å². The van der Waals surface area contributed by atoms with E-state index in [0.29, 0.717) is 13.0 Å². The van der Waals surface area contributed by atoms with Gasteiger partial charge in [0, 0.05) is 0 Å². The predicted octanol–water partition coefficient (Wildman–Crippen LogP) is 3.49. The third kappa shape index (κ3) is 2.65. The zero-order valence-corrected chi connectivity index (χ0v) is 7.77. The maximum Gasteiger partial charge on any atom is 0.419 e. The highest BCUT2D eigenvalue weighted by Gasteiger charge is 2.33. The first-order valence-corrected chi connectivity index (χ1v) is 4.34. The molecular weight excluding hydrogens is 193 g/mol. The molecule has 0 saturated carbocycles. The average molecular weight is 204 g/mol. The Morgan fingerprint density at radius 1 is 1.21 bits per heavy atom. The first-order chi connectivity index (χ1) is 6.55. The molecule has 0 saturated heterocycles. The molecule has 0 N–H and O–H groups in total. The summed E-state index contributed by atoms with van der Waals surface area (Å²) >= 11 is 0. The van der Waals surface area contributed by atoms with Crippen molar-refractivity contribution >= 4 is 0 Å². The van der Waals surface area contributed by atoms with Crippen LogP contribution in [-0.4, -0.2) is 6.61 Å². The van der Waals surface area contributed by atoms with Crippen molar-refractivity contribution in [3.63, 3.8) is 0 Å². The number of para-hydroxylation sites is 1. The highest BCUT2D eigenvalue weighted by molar-refractivity contribution is 5.35. The van der Waals surface area contributed by atoms with E-state index in [-0.39, 0.29) is 5.75 Å². The van der Waals surface area contributed by atoms with Gasteiger partial charge in [0.15, 0.2) is 0 Å². The van der Waals surface area contributed by atoms with Crippen LogP contribution in [0, 0.1) is 0 Å². The number of ether oxygens (including phenoxy) is 1. The van der Waals surface area contributed by atoms with Gasteiger partial charge in [0.05, 0.1) is 12.2 Å². The lowest BCUT2D eigenvalue weighted by Crippen LogP contribution is -2.08. The minimum Gasteiger partial charge on any atom is -0.493 e. The largest absolute Gasteiger partial charge is 0.493 e. The third-order valence-electron chi connectivity index (χ3n) is 1.65. The van der Waals surface area contributed by atoms with Gasteiger partial charge in [-0.2, -0.15) is 13.2 Å². The van der Waals surface area contributed by atoms with Gasteiger partial charge < -0.3 is 4.74 Å². The molecule has 0 atom stereocenters. The molecule has 1 aromatic rings. The van der Waals surface area contributed by atoms with Crippen molar-refractivity contribution in [3.05, 3.63) is 29.8 Å². The van der Waals surface area contributed by atoms with Crippen molar-refractivity contribution in [1.29, 1.82) is 0 Å². The Labute approximate surface area is 80.5 Å². The van der Waals surface area contributed by atoms with Gasteiger partial charge in [-0.3, -0.25) is 0 Å². The Balaban J connectivity index is 2.92. The fourth-order valence-corrected chi connectivity index (χ4v) is 1.04. The SMILES string of the molecule is CCCOc1ccccc1C(F)(F)F. The summed E-state index contributed by atoms with van der Waals surface area (Å²) in [4.78, 5) is 0. The number of alkyl halides is 3. The molecule has 1 aromatic carbocycles. The fourth-order valence-electron chi connectivity index (χ4n) is 1.04. The molecule has 0 bridgehead atoms. The molecule has 1 nitrogen and oxygen atoms in total. The zero-order chi connectivity index (χ0) is 10.6. The van der Waals surface area contributed by atoms with Gasteiger partial charge in [0.2, 0.25) is 0 Å². The zero-order valence-electron chi connectivity index (χ0n) is 7.77. The normalized spacial score (nSPS) is 11.4. The van der Waals surface area contributed by atoms with Gasteiger partial charge in [0.25, 0.3) is 0 Å². The highest BCUT2D eigenvalue weighted by atomic mass is 19.4. The molecule has 0 fully saturated rings. The Morgan fingerprint density at radius 3 is 2.43 bits per heavy atom. The van der Waals surface area contributed by atoms with Crippen molar-refractivity contribution in [3.8, 4) is 5.75 Å². The molecule has 1 rings (SSSR count). The first kappa shape index (κ1) is 10.9. The molecule has 14 heavy (non-hydrogen) atoms. The molecule has 0 unspecified atom stereocenters. The Morgan fingerprint density at radius 2 is 1.86 bits per heavy atom. The van der Waals surface area contributed by atoms with Crippen molar-refractivity contribution in [2.24, 2.45) is 0 Å². The van der Waals surface area contributed by atoms with Crippen molar-refractivity contribution in [2.75, 3.05) is 6.61 Å². The predicted molar refractivity (Wildman–Crippen MR) is 47.2 cm³/mol. The molecule has 0 aliphatic rings. The molecule has 0 aliphatic carbocycles. The van der Waals surface area contributed by atoms with Crippen molar-refractivity contribution < 1.29 is 17.9 Å². The van der Waals surface area contributed by atoms with E-state index in [0.717, 1.165) is 6.07 Å². The summed E-state index contributed by atoms with van der Waals surface area (Å²) in [7, 11) is 0. The number of halogens is 3. The van der Waals surface area contributed by atoms with E-state index in [9.17, 15) is 13.2 Å². The Kier molecular flexibility index (Phi) is 3.38. The number of hydrogen-bond donors (Lipinski definition) is 0. The van der Waals surface area contributed by atoms with Crippen LogP contribution in [-0.2, 0) is 6.18 Å². The van der Waals surface area contributed by atoms with Crippen molar-refractivity contribution in [2.45, 2.75) is 19.5 Å². The van der Waals surface area contributed by atoms with Gasteiger partial charge in [0.1, 0.15) is 5.75 Å². The summed E-state index contributed by atoms with van der Waals surface area (Å²) in [6.45, 7) is 2.14. The van der Waals surface area contributed by atoms with Crippen molar-refractivity contribution in [1.82, 2.24) is 0 Å². The number of rotatable bonds is 3. The lowest BCUT2D eigenvalue weighted by molar-refractivity contribution is -0.138. The minimum atomic E-state index is -4.34. The molecule has 78 valence electrons. The van der Waals surface area contributed by atoms with Gasteiger partial charge >= 0.3 is 6.18 Å². The maximum atomic E-state index is 12.4. The quantitative estimate of drug-likeness (QED) is 0.732. The minimum absolute atomic E-state index is 0.0955. The van der Waals surface area contributed by atoms with Crippen LogP contribution in [0.2, 0.25) is 0 Å². The van der Waals surface area contributed by atoms with E-state index in [1.54, 1.807) is 0 Å². The Bertz CT molecular complexity index is 294. The summed E-state index contributed by atoms with van der Waals surface area (Å²) in [6.07, 6.45) is -3.66. The number of hydrogen-bond acceptors (Lipinski definition) is 1. The summed E-state index contributed by atoms with van der Waals surface area (Å²) in [6, 6.07) is 5.23. The van der Waals surface area contributed by atoms with Crippen LogP contribution in [0.4, 0.5) is 13.2 Å². The van der Waals surface area contributed by atoms with Crippen LogP contribution in [0.5, 0.6) is 5.75 Å². The molecule has 0 amide bonds.